The zero-order chi connectivity index (χ0) is 19.5. The fourth-order valence-corrected chi connectivity index (χ4v) is 4.29. The van der Waals surface area contributed by atoms with Gasteiger partial charge in [0.15, 0.2) is 0 Å². The van der Waals surface area contributed by atoms with Crippen molar-refractivity contribution in [2.24, 2.45) is 5.92 Å². The Hall–Kier alpha value is -2.29. The highest BCUT2D eigenvalue weighted by molar-refractivity contribution is 6.30. The SMILES string of the molecule is CC(C)[C@@H]1c2ccc(Cl)cc2C[C@H]1OCc1cccc(Oc2ccccc2)c1. The fraction of sp³-hybridized carbons (Fsp3) is 0.280. The minimum absolute atomic E-state index is 0.173. The number of hydrogen-bond acceptors (Lipinski definition) is 2. The fourth-order valence-electron chi connectivity index (χ4n) is 4.10. The zero-order valence-electron chi connectivity index (χ0n) is 16.3. The minimum atomic E-state index is 0.173. The van der Waals surface area contributed by atoms with Gasteiger partial charge in [-0.25, -0.2) is 0 Å². The van der Waals surface area contributed by atoms with Crippen LogP contribution in [0.3, 0.4) is 0 Å². The molecule has 1 aliphatic carbocycles. The van der Waals surface area contributed by atoms with Gasteiger partial charge in [0.25, 0.3) is 0 Å². The Morgan fingerprint density at radius 2 is 1.71 bits per heavy atom. The molecule has 0 unspecified atom stereocenters. The first-order chi connectivity index (χ1) is 13.6. The van der Waals surface area contributed by atoms with E-state index in [0.717, 1.165) is 28.5 Å². The van der Waals surface area contributed by atoms with Gasteiger partial charge in [0.1, 0.15) is 11.5 Å². The molecule has 28 heavy (non-hydrogen) atoms. The van der Waals surface area contributed by atoms with Gasteiger partial charge in [0.2, 0.25) is 0 Å². The summed E-state index contributed by atoms with van der Waals surface area (Å²) in [5.41, 5.74) is 3.81. The first kappa shape index (κ1) is 19.0. The van der Waals surface area contributed by atoms with Gasteiger partial charge in [-0.15, -0.1) is 0 Å². The Bertz CT molecular complexity index is 936. The average Bonchev–Trinajstić information content (AvgIpc) is 3.05. The van der Waals surface area contributed by atoms with E-state index in [-0.39, 0.29) is 6.10 Å². The van der Waals surface area contributed by atoms with E-state index in [1.807, 2.05) is 48.5 Å². The van der Waals surface area contributed by atoms with Crippen molar-refractivity contribution in [2.45, 2.75) is 38.9 Å². The van der Waals surface area contributed by atoms with Crippen molar-refractivity contribution in [3.8, 4) is 11.5 Å². The number of benzene rings is 3. The van der Waals surface area contributed by atoms with Crippen LogP contribution < -0.4 is 4.74 Å². The van der Waals surface area contributed by atoms with Gasteiger partial charge < -0.3 is 9.47 Å². The summed E-state index contributed by atoms with van der Waals surface area (Å²) in [5, 5.41) is 0.799. The molecule has 0 saturated heterocycles. The Labute approximate surface area is 172 Å². The van der Waals surface area contributed by atoms with E-state index < -0.39 is 0 Å². The summed E-state index contributed by atoms with van der Waals surface area (Å²) in [6, 6.07) is 24.2. The van der Waals surface area contributed by atoms with Crippen molar-refractivity contribution < 1.29 is 9.47 Å². The van der Waals surface area contributed by atoms with E-state index in [4.69, 9.17) is 21.1 Å². The van der Waals surface area contributed by atoms with Crippen LogP contribution in [0.4, 0.5) is 0 Å². The lowest BCUT2D eigenvalue weighted by Crippen LogP contribution is -2.22. The van der Waals surface area contributed by atoms with Crippen LogP contribution in [0.25, 0.3) is 0 Å². The van der Waals surface area contributed by atoms with Crippen LogP contribution in [0.15, 0.2) is 72.8 Å². The van der Waals surface area contributed by atoms with Crippen molar-refractivity contribution in [3.63, 3.8) is 0 Å². The maximum Gasteiger partial charge on any atom is 0.127 e. The standard InChI is InChI=1S/C25H25ClO2/c1-17(2)25-23-12-11-20(26)14-19(23)15-24(25)27-16-18-7-6-10-22(13-18)28-21-8-4-3-5-9-21/h3-14,17,24-25H,15-16H2,1-2H3/t24-,25-/m1/s1. The second kappa shape index (κ2) is 8.38. The molecule has 0 fully saturated rings. The third kappa shape index (κ3) is 4.24. The van der Waals surface area contributed by atoms with Crippen molar-refractivity contribution >= 4 is 11.6 Å². The number of para-hydroxylation sites is 1. The lowest BCUT2D eigenvalue weighted by atomic mass is 9.88. The number of halogens is 1. The molecule has 1 aliphatic rings. The van der Waals surface area contributed by atoms with E-state index in [0.29, 0.717) is 18.4 Å². The van der Waals surface area contributed by atoms with Crippen LogP contribution >= 0.6 is 11.6 Å². The zero-order valence-corrected chi connectivity index (χ0v) is 17.0. The molecule has 0 heterocycles. The second-order valence-corrected chi connectivity index (χ2v) is 8.17. The van der Waals surface area contributed by atoms with E-state index in [1.165, 1.54) is 11.1 Å². The molecule has 0 radical (unpaired) electrons. The summed E-state index contributed by atoms with van der Waals surface area (Å²) in [4.78, 5) is 0. The van der Waals surface area contributed by atoms with Gasteiger partial charge in [0, 0.05) is 10.9 Å². The number of ether oxygens (including phenoxy) is 2. The van der Waals surface area contributed by atoms with Crippen molar-refractivity contribution in [2.75, 3.05) is 0 Å². The van der Waals surface area contributed by atoms with Crippen molar-refractivity contribution in [1.29, 1.82) is 0 Å². The van der Waals surface area contributed by atoms with Gasteiger partial charge in [0.05, 0.1) is 12.7 Å². The average molecular weight is 393 g/mol. The van der Waals surface area contributed by atoms with Crippen LogP contribution in [0.2, 0.25) is 5.02 Å². The summed E-state index contributed by atoms with van der Waals surface area (Å²) in [6.45, 7) is 5.10. The lowest BCUT2D eigenvalue weighted by Gasteiger charge is -2.24. The lowest BCUT2D eigenvalue weighted by molar-refractivity contribution is 0.0204. The summed E-state index contributed by atoms with van der Waals surface area (Å²) in [6.07, 6.45) is 1.09. The molecule has 0 bridgehead atoms. The maximum atomic E-state index is 6.39. The van der Waals surface area contributed by atoms with Crippen molar-refractivity contribution in [1.82, 2.24) is 0 Å². The topological polar surface area (TPSA) is 18.5 Å². The normalized spacial score (nSPS) is 18.3. The molecule has 4 rings (SSSR count). The number of rotatable bonds is 6. The van der Waals surface area contributed by atoms with Gasteiger partial charge in [-0.2, -0.15) is 0 Å². The Morgan fingerprint density at radius 1 is 0.929 bits per heavy atom. The highest BCUT2D eigenvalue weighted by atomic mass is 35.5. The second-order valence-electron chi connectivity index (χ2n) is 7.73. The third-order valence-corrected chi connectivity index (χ3v) is 5.58. The van der Waals surface area contributed by atoms with Gasteiger partial charge >= 0.3 is 0 Å². The molecule has 3 heteroatoms. The minimum Gasteiger partial charge on any atom is -0.457 e. The highest BCUT2D eigenvalue weighted by Crippen LogP contribution is 2.41. The molecule has 144 valence electrons. The molecule has 2 atom stereocenters. The molecule has 2 nitrogen and oxygen atoms in total. The van der Waals surface area contributed by atoms with E-state index in [2.05, 4.69) is 38.1 Å². The molecule has 3 aromatic carbocycles. The number of fused-ring (bicyclic) bond motifs is 1. The number of hydrogen-bond donors (Lipinski definition) is 0. The molecular weight excluding hydrogens is 368 g/mol. The maximum absolute atomic E-state index is 6.39. The summed E-state index contributed by atoms with van der Waals surface area (Å²) in [7, 11) is 0. The summed E-state index contributed by atoms with van der Waals surface area (Å²) < 4.78 is 12.3. The third-order valence-electron chi connectivity index (χ3n) is 5.35. The smallest absolute Gasteiger partial charge is 0.127 e. The Balaban J connectivity index is 1.45. The quantitative estimate of drug-likeness (QED) is 0.449. The van der Waals surface area contributed by atoms with E-state index >= 15 is 0 Å². The predicted molar refractivity (Wildman–Crippen MR) is 114 cm³/mol. The van der Waals surface area contributed by atoms with Crippen LogP contribution in [-0.2, 0) is 17.8 Å². The summed E-state index contributed by atoms with van der Waals surface area (Å²) >= 11 is 6.20. The molecule has 3 aromatic rings. The van der Waals surface area contributed by atoms with Crippen LogP contribution in [0.5, 0.6) is 11.5 Å². The largest absolute Gasteiger partial charge is 0.457 e. The molecule has 0 spiro atoms. The first-order valence-electron chi connectivity index (χ1n) is 9.82. The van der Waals surface area contributed by atoms with Crippen LogP contribution in [0, 0.1) is 5.92 Å². The molecule has 0 amide bonds. The highest BCUT2D eigenvalue weighted by Gasteiger charge is 2.35. The first-order valence-corrected chi connectivity index (χ1v) is 10.2. The Kier molecular flexibility index (Phi) is 5.70. The monoisotopic (exact) mass is 392 g/mol. The Morgan fingerprint density at radius 3 is 2.50 bits per heavy atom. The van der Waals surface area contributed by atoms with Crippen molar-refractivity contribution in [3.05, 3.63) is 94.5 Å². The van der Waals surface area contributed by atoms with Gasteiger partial charge in [-0.05, 0) is 65.4 Å². The van der Waals surface area contributed by atoms with Crippen LogP contribution in [0.1, 0.15) is 36.5 Å². The molecule has 0 aromatic heterocycles. The molecular formula is C25H25ClO2. The molecule has 0 N–H and O–H groups in total. The summed E-state index contributed by atoms with van der Waals surface area (Å²) in [5.74, 6) is 2.58. The predicted octanol–water partition coefficient (Wildman–Crippen LogP) is 7.01. The molecule has 0 aliphatic heterocycles. The van der Waals surface area contributed by atoms with E-state index in [9.17, 15) is 0 Å². The van der Waals surface area contributed by atoms with Gasteiger partial charge in [-0.1, -0.05) is 61.8 Å². The van der Waals surface area contributed by atoms with Gasteiger partial charge in [-0.3, -0.25) is 0 Å². The molecule has 0 saturated carbocycles. The van der Waals surface area contributed by atoms with E-state index in [1.54, 1.807) is 0 Å². The van der Waals surface area contributed by atoms with Crippen LogP contribution in [-0.4, -0.2) is 6.10 Å².